The fourth-order valence-electron chi connectivity index (χ4n) is 2.96. The van der Waals surface area contributed by atoms with Gasteiger partial charge in [-0.05, 0) is 42.9 Å². The number of rotatable bonds is 3. The molecule has 0 bridgehead atoms. The molecule has 0 aromatic heterocycles. The predicted octanol–water partition coefficient (Wildman–Crippen LogP) is 2.65. The maximum absolute atomic E-state index is 3.48. The molecule has 15 heavy (non-hydrogen) atoms. The van der Waals surface area contributed by atoms with Gasteiger partial charge in [-0.3, -0.25) is 0 Å². The van der Waals surface area contributed by atoms with Gasteiger partial charge in [0.05, 0.1) is 0 Å². The fraction of sp³-hybridized carbons (Fsp3) is 0.571. The van der Waals surface area contributed by atoms with Gasteiger partial charge in [-0.1, -0.05) is 38.1 Å². The molecular formula is C14H21N. The van der Waals surface area contributed by atoms with Gasteiger partial charge in [-0.2, -0.15) is 0 Å². The first-order valence-electron chi connectivity index (χ1n) is 5.96. The van der Waals surface area contributed by atoms with E-state index >= 15 is 0 Å². The lowest BCUT2D eigenvalue weighted by Gasteiger charge is -2.26. The normalized spacial score (nSPS) is 18.1. The third-order valence-electron chi connectivity index (χ3n) is 3.64. The third kappa shape index (κ3) is 2.07. The van der Waals surface area contributed by atoms with Gasteiger partial charge in [0.2, 0.25) is 0 Å². The molecule has 0 aliphatic heterocycles. The summed E-state index contributed by atoms with van der Waals surface area (Å²) in [5.41, 5.74) is 3.12. The highest BCUT2D eigenvalue weighted by molar-refractivity contribution is 5.32. The second kappa shape index (κ2) is 4.36. The number of benzene rings is 1. The zero-order valence-electron chi connectivity index (χ0n) is 9.96. The average Bonchev–Trinajstić information content (AvgIpc) is 2.61. The first-order chi connectivity index (χ1) is 7.22. The van der Waals surface area contributed by atoms with E-state index in [1.165, 1.54) is 12.8 Å². The first-order valence-corrected chi connectivity index (χ1v) is 5.96. The SMILES string of the molecule is CNC(C(C)C)C1Cc2ccccc2C1. The van der Waals surface area contributed by atoms with Gasteiger partial charge in [0.1, 0.15) is 0 Å². The molecule has 0 heterocycles. The van der Waals surface area contributed by atoms with Gasteiger partial charge in [0.25, 0.3) is 0 Å². The van der Waals surface area contributed by atoms with Gasteiger partial charge < -0.3 is 5.32 Å². The summed E-state index contributed by atoms with van der Waals surface area (Å²) in [7, 11) is 2.09. The molecule has 1 aromatic rings. The molecule has 82 valence electrons. The number of hydrogen-bond acceptors (Lipinski definition) is 1. The van der Waals surface area contributed by atoms with Crippen LogP contribution in [0.1, 0.15) is 25.0 Å². The molecule has 0 saturated heterocycles. The van der Waals surface area contributed by atoms with Crippen LogP contribution in [0, 0.1) is 11.8 Å². The Kier molecular flexibility index (Phi) is 3.11. The van der Waals surface area contributed by atoms with Crippen LogP contribution in [0.15, 0.2) is 24.3 Å². The quantitative estimate of drug-likeness (QED) is 0.796. The minimum Gasteiger partial charge on any atom is -0.316 e. The summed E-state index contributed by atoms with van der Waals surface area (Å²) in [6, 6.07) is 9.53. The van der Waals surface area contributed by atoms with E-state index in [9.17, 15) is 0 Å². The standard InChI is InChI=1S/C14H21N/c1-10(2)14(15-3)13-8-11-6-4-5-7-12(11)9-13/h4-7,10,13-15H,8-9H2,1-3H3. The van der Waals surface area contributed by atoms with E-state index < -0.39 is 0 Å². The van der Waals surface area contributed by atoms with Crippen LogP contribution in [0.2, 0.25) is 0 Å². The van der Waals surface area contributed by atoms with Crippen molar-refractivity contribution in [2.75, 3.05) is 7.05 Å². The second-order valence-electron chi connectivity index (χ2n) is 5.00. The summed E-state index contributed by atoms with van der Waals surface area (Å²) in [5.74, 6) is 1.50. The molecule has 1 atom stereocenters. The summed E-state index contributed by atoms with van der Waals surface area (Å²) in [6.07, 6.45) is 2.50. The van der Waals surface area contributed by atoms with Crippen molar-refractivity contribution in [2.24, 2.45) is 11.8 Å². The van der Waals surface area contributed by atoms with Crippen LogP contribution in [0.4, 0.5) is 0 Å². The van der Waals surface area contributed by atoms with E-state index in [0.717, 1.165) is 5.92 Å². The Morgan fingerprint density at radius 1 is 1.13 bits per heavy atom. The highest BCUT2D eigenvalue weighted by Crippen LogP contribution is 2.30. The van der Waals surface area contributed by atoms with Crippen LogP contribution in [0.3, 0.4) is 0 Å². The Bertz CT molecular complexity index is 305. The average molecular weight is 203 g/mol. The van der Waals surface area contributed by atoms with Crippen molar-refractivity contribution in [1.82, 2.24) is 5.32 Å². The largest absolute Gasteiger partial charge is 0.316 e. The lowest BCUT2D eigenvalue weighted by atomic mass is 9.88. The second-order valence-corrected chi connectivity index (χ2v) is 5.00. The van der Waals surface area contributed by atoms with Crippen LogP contribution in [-0.4, -0.2) is 13.1 Å². The van der Waals surface area contributed by atoms with Gasteiger partial charge in [-0.25, -0.2) is 0 Å². The Balaban J connectivity index is 2.12. The summed E-state index contributed by atoms with van der Waals surface area (Å²) in [6.45, 7) is 4.62. The molecule has 0 fully saturated rings. The predicted molar refractivity (Wildman–Crippen MR) is 65.0 cm³/mol. The van der Waals surface area contributed by atoms with E-state index in [4.69, 9.17) is 0 Å². The molecule has 0 spiro atoms. The molecule has 1 nitrogen and oxygen atoms in total. The Labute approximate surface area is 92.9 Å². The lowest BCUT2D eigenvalue weighted by molar-refractivity contribution is 0.306. The zero-order chi connectivity index (χ0) is 10.8. The van der Waals surface area contributed by atoms with Crippen molar-refractivity contribution < 1.29 is 0 Å². The van der Waals surface area contributed by atoms with Gasteiger partial charge >= 0.3 is 0 Å². The van der Waals surface area contributed by atoms with Gasteiger partial charge in [0.15, 0.2) is 0 Å². The van der Waals surface area contributed by atoms with Crippen molar-refractivity contribution in [2.45, 2.75) is 32.7 Å². The third-order valence-corrected chi connectivity index (χ3v) is 3.64. The molecule has 1 aromatic carbocycles. The lowest BCUT2D eigenvalue weighted by Crippen LogP contribution is -2.38. The minimum absolute atomic E-state index is 0.650. The molecule has 0 amide bonds. The molecule has 2 rings (SSSR count). The van der Waals surface area contributed by atoms with E-state index in [2.05, 4.69) is 50.5 Å². The topological polar surface area (TPSA) is 12.0 Å². The van der Waals surface area contributed by atoms with Crippen LogP contribution < -0.4 is 5.32 Å². The van der Waals surface area contributed by atoms with Crippen molar-refractivity contribution in [3.8, 4) is 0 Å². The molecule has 0 saturated carbocycles. The van der Waals surface area contributed by atoms with E-state index in [1.54, 1.807) is 11.1 Å². The van der Waals surface area contributed by atoms with Gasteiger partial charge in [-0.15, -0.1) is 0 Å². The molecule has 1 aliphatic carbocycles. The summed E-state index contributed by atoms with van der Waals surface area (Å²) in [5, 5.41) is 3.48. The molecular weight excluding hydrogens is 182 g/mol. The van der Waals surface area contributed by atoms with Crippen molar-refractivity contribution in [3.05, 3.63) is 35.4 Å². The molecule has 0 radical (unpaired) electrons. The number of fused-ring (bicyclic) bond motifs is 1. The number of nitrogens with one attached hydrogen (secondary N) is 1. The summed E-state index contributed by atoms with van der Waals surface area (Å²) >= 11 is 0. The van der Waals surface area contributed by atoms with E-state index in [-0.39, 0.29) is 0 Å². The van der Waals surface area contributed by atoms with Crippen molar-refractivity contribution in [1.29, 1.82) is 0 Å². The van der Waals surface area contributed by atoms with E-state index in [0.29, 0.717) is 12.0 Å². The Morgan fingerprint density at radius 2 is 1.67 bits per heavy atom. The maximum Gasteiger partial charge on any atom is 0.0122 e. The first kappa shape index (κ1) is 10.7. The van der Waals surface area contributed by atoms with Crippen molar-refractivity contribution in [3.63, 3.8) is 0 Å². The molecule has 1 heteroatoms. The van der Waals surface area contributed by atoms with Crippen LogP contribution in [-0.2, 0) is 12.8 Å². The highest BCUT2D eigenvalue weighted by Gasteiger charge is 2.28. The highest BCUT2D eigenvalue weighted by atomic mass is 14.9. The number of hydrogen-bond donors (Lipinski definition) is 1. The van der Waals surface area contributed by atoms with E-state index in [1.807, 2.05) is 0 Å². The monoisotopic (exact) mass is 203 g/mol. The van der Waals surface area contributed by atoms with Crippen LogP contribution >= 0.6 is 0 Å². The molecule has 1 N–H and O–H groups in total. The van der Waals surface area contributed by atoms with Crippen molar-refractivity contribution >= 4 is 0 Å². The minimum atomic E-state index is 0.650. The Morgan fingerprint density at radius 3 is 2.07 bits per heavy atom. The van der Waals surface area contributed by atoms with Gasteiger partial charge in [0, 0.05) is 6.04 Å². The summed E-state index contributed by atoms with van der Waals surface area (Å²) in [4.78, 5) is 0. The molecule has 1 aliphatic rings. The fourth-order valence-corrected chi connectivity index (χ4v) is 2.96. The van der Waals surface area contributed by atoms with Crippen LogP contribution in [0.25, 0.3) is 0 Å². The zero-order valence-corrected chi connectivity index (χ0v) is 9.96. The Hall–Kier alpha value is -0.820. The smallest absolute Gasteiger partial charge is 0.0122 e. The van der Waals surface area contributed by atoms with Crippen LogP contribution in [0.5, 0.6) is 0 Å². The molecule has 1 unspecified atom stereocenters. The summed E-state index contributed by atoms with van der Waals surface area (Å²) < 4.78 is 0. The maximum atomic E-state index is 3.48.